The fourth-order valence-corrected chi connectivity index (χ4v) is 3.97. The van der Waals surface area contributed by atoms with Gasteiger partial charge < -0.3 is 14.8 Å². The average Bonchev–Trinajstić information content (AvgIpc) is 3.02. The van der Waals surface area contributed by atoms with Crippen LogP contribution in [0.3, 0.4) is 0 Å². The third-order valence-electron chi connectivity index (χ3n) is 5.61. The molecule has 1 N–H and O–H groups in total. The van der Waals surface area contributed by atoms with E-state index in [-0.39, 0.29) is 6.54 Å². The minimum Gasteiger partial charge on any atom is -0.496 e. The molecule has 1 saturated carbocycles. The van der Waals surface area contributed by atoms with Crippen molar-refractivity contribution in [3.05, 3.63) is 59.2 Å². The van der Waals surface area contributed by atoms with Crippen LogP contribution in [0.2, 0.25) is 0 Å². The summed E-state index contributed by atoms with van der Waals surface area (Å²) >= 11 is 0. The first kappa shape index (κ1) is 22.5. The normalized spacial score (nSPS) is 15.6. The Morgan fingerprint density at radius 1 is 0.967 bits per heavy atom. The Morgan fingerprint density at radius 3 is 2.30 bits per heavy atom. The van der Waals surface area contributed by atoms with Crippen molar-refractivity contribution in [3.8, 4) is 11.5 Å². The largest absolute Gasteiger partial charge is 0.496 e. The van der Waals surface area contributed by atoms with Gasteiger partial charge in [0.2, 0.25) is 0 Å². The predicted molar refractivity (Wildman–Crippen MR) is 112 cm³/mol. The molecule has 1 aliphatic rings. The molecule has 1 fully saturated rings. The monoisotopic (exact) mass is 421 g/mol. The van der Waals surface area contributed by atoms with Gasteiger partial charge in [-0.15, -0.1) is 0 Å². The van der Waals surface area contributed by atoms with E-state index >= 15 is 0 Å². The van der Waals surface area contributed by atoms with Crippen LogP contribution in [0.15, 0.2) is 42.5 Å². The molecule has 0 bridgehead atoms. The van der Waals surface area contributed by atoms with E-state index in [1.165, 1.54) is 51.2 Å². The first-order valence-corrected chi connectivity index (χ1v) is 10.6. The second-order valence-corrected chi connectivity index (χ2v) is 7.91. The Labute approximate surface area is 176 Å². The lowest BCUT2D eigenvalue weighted by atomic mass is 9.91. The number of rotatable bonds is 8. The topological polar surface area (TPSA) is 30.5 Å². The van der Waals surface area contributed by atoms with Crippen molar-refractivity contribution in [2.45, 2.75) is 63.8 Å². The number of alkyl halides is 3. The van der Waals surface area contributed by atoms with E-state index in [2.05, 4.69) is 29.6 Å². The lowest BCUT2D eigenvalue weighted by molar-refractivity contribution is -0.125. The number of benzene rings is 2. The van der Waals surface area contributed by atoms with Crippen LogP contribution >= 0.6 is 0 Å². The number of hydrogen-bond acceptors (Lipinski definition) is 3. The maximum atomic E-state index is 12.3. The third kappa shape index (κ3) is 6.94. The molecular formula is C24H30F3NO2. The molecule has 0 amide bonds. The predicted octanol–water partition coefficient (Wildman–Crippen LogP) is 6.36. The van der Waals surface area contributed by atoms with Crippen molar-refractivity contribution in [3.63, 3.8) is 0 Å². The first-order valence-electron chi connectivity index (χ1n) is 10.6. The van der Waals surface area contributed by atoms with Gasteiger partial charge in [-0.25, -0.2) is 0 Å². The molecule has 3 rings (SSSR count). The fraction of sp³-hybridized carbons (Fsp3) is 0.500. The molecule has 0 saturated heterocycles. The van der Waals surface area contributed by atoms with Gasteiger partial charge in [-0.2, -0.15) is 13.2 Å². The molecule has 0 unspecified atom stereocenters. The zero-order valence-electron chi connectivity index (χ0n) is 17.4. The molecule has 1 aliphatic carbocycles. The summed E-state index contributed by atoms with van der Waals surface area (Å²) in [6.07, 6.45) is 3.66. The molecule has 164 valence electrons. The Kier molecular flexibility index (Phi) is 8.02. The number of nitrogens with one attached hydrogen (secondary N) is 1. The first-order chi connectivity index (χ1) is 14.4. The van der Waals surface area contributed by atoms with Crippen LogP contribution in [-0.4, -0.2) is 19.8 Å². The molecule has 6 heteroatoms. The van der Waals surface area contributed by atoms with Gasteiger partial charge in [0.15, 0.2) is 0 Å². The summed E-state index contributed by atoms with van der Waals surface area (Å²) in [7, 11) is 1.50. The highest BCUT2D eigenvalue weighted by molar-refractivity contribution is 5.41. The van der Waals surface area contributed by atoms with E-state index in [0.717, 1.165) is 5.56 Å². The lowest BCUT2D eigenvalue weighted by Crippen LogP contribution is -2.28. The fourth-order valence-electron chi connectivity index (χ4n) is 3.97. The summed E-state index contributed by atoms with van der Waals surface area (Å²) in [5, 5.41) is 2.38. The highest BCUT2D eigenvalue weighted by Crippen LogP contribution is 2.32. The molecule has 0 atom stereocenters. The van der Waals surface area contributed by atoms with Gasteiger partial charge in [0.05, 0.1) is 13.7 Å². The average molecular weight is 422 g/mol. The minimum atomic E-state index is -4.23. The molecule has 0 spiro atoms. The summed E-state index contributed by atoms with van der Waals surface area (Å²) in [6, 6.07) is 13.9. The van der Waals surface area contributed by atoms with Crippen molar-refractivity contribution in [1.82, 2.24) is 5.32 Å². The molecule has 30 heavy (non-hydrogen) atoms. The van der Waals surface area contributed by atoms with Crippen LogP contribution < -0.4 is 14.8 Å². The van der Waals surface area contributed by atoms with Crippen LogP contribution in [0.25, 0.3) is 0 Å². The molecule has 2 aromatic carbocycles. The zero-order chi connectivity index (χ0) is 21.4. The Balaban J connectivity index is 1.54. The molecule has 0 aliphatic heterocycles. The second kappa shape index (κ2) is 10.7. The van der Waals surface area contributed by atoms with Crippen molar-refractivity contribution in [1.29, 1.82) is 0 Å². The van der Waals surface area contributed by atoms with Crippen LogP contribution in [0, 0.1) is 0 Å². The summed E-state index contributed by atoms with van der Waals surface area (Å²) in [4.78, 5) is 0. The van der Waals surface area contributed by atoms with E-state index < -0.39 is 12.7 Å². The summed E-state index contributed by atoms with van der Waals surface area (Å²) in [5.41, 5.74) is 3.15. The smallest absolute Gasteiger partial charge is 0.401 e. The van der Waals surface area contributed by atoms with Gasteiger partial charge in [0.25, 0.3) is 0 Å². The third-order valence-corrected chi connectivity index (χ3v) is 5.61. The zero-order valence-corrected chi connectivity index (χ0v) is 17.4. The van der Waals surface area contributed by atoms with E-state index in [4.69, 9.17) is 9.47 Å². The minimum absolute atomic E-state index is 0.0750. The second-order valence-electron chi connectivity index (χ2n) is 7.91. The van der Waals surface area contributed by atoms with Crippen LogP contribution in [0.1, 0.15) is 61.1 Å². The summed E-state index contributed by atoms with van der Waals surface area (Å²) < 4.78 is 48.1. The highest BCUT2D eigenvalue weighted by Gasteiger charge is 2.26. The molecule has 0 radical (unpaired) electrons. The van der Waals surface area contributed by atoms with E-state index in [9.17, 15) is 13.2 Å². The molecule has 0 heterocycles. The van der Waals surface area contributed by atoms with Crippen molar-refractivity contribution in [2.24, 2.45) is 0 Å². The van der Waals surface area contributed by atoms with Crippen molar-refractivity contribution in [2.75, 3.05) is 13.7 Å². The quantitative estimate of drug-likeness (QED) is 0.503. The molecule has 3 nitrogen and oxygen atoms in total. The molecule has 0 aromatic heterocycles. The number of hydrogen-bond donors (Lipinski definition) is 1. The van der Waals surface area contributed by atoms with Gasteiger partial charge in [-0.1, -0.05) is 56.0 Å². The van der Waals surface area contributed by atoms with Crippen molar-refractivity contribution >= 4 is 0 Å². The maximum Gasteiger partial charge on any atom is 0.401 e. The lowest BCUT2D eigenvalue weighted by Gasteiger charge is -2.15. The van der Waals surface area contributed by atoms with E-state index in [0.29, 0.717) is 29.6 Å². The van der Waals surface area contributed by atoms with Gasteiger partial charge in [0.1, 0.15) is 18.1 Å². The highest BCUT2D eigenvalue weighted by atomic mass is 19.4. The maximum absolute atomic E-state index is 12.3. The van der Waals surface area contributed by atoms with Gasteiger partial charge in [0, 0.05) is 18.2 Å². The molecule has 2 aromatic rings. The number of halogens is 3. The van der Waals surface area contributed by atoms with E-state index in [1.54, 1.807) is 18.2 Å². The van der Waals surface area contributed by atoms with Crippen molar-refractivity contribution < 1.29 is 22.6 Å². The Bertz CT molecular complexity index is 782. The Hall–Kier alpha value is -2.21. The summed E-state index contributed by atoms with van der Waals surface area (Å²) in [6.45, 7) is -0.531. The number of ether oxygens (including phenoxy) is 2. The standard InChI is InChI=1S/C24H30F3NO2/c1-29-23-14-22(13-12-21(23)15-28-17-24(25,26)27)30-16-18-8-10-20(11-9-18)19-6-4-2-3-5-7-19/h8-14,19,28H,2-7,15-17H2,1H3. The van der Waals surface area contributed by atoms with Crippen LogP contribution in [-0.2, 0) is 13.2 Å². The van der Waals surface area contributed by atoms with Gasteiger partial charge in [-0.3, -0.25) is 0 Å². The molecular weight excluding hydrogens is 391 g/mol. The number of methoxy groups -OCH3 is 1. The van der Waals surface area contributed by atoms with Crippen LogP contribution in [0.4, 0.5) is 13.2 Å². The SMILES string of the molecule is COc1cc(OCc2ccc(C3CCCCCC3)cc2)ccc1CNCC(F)(F)F. The van der Waals surface area contributed by atoms with Gasteiger partial charge in [-0.05, 0) is 36.0 Å². The van der Waals surface area contributed by atoms with Crippen LogP contribution in [0.5, 0.6) is 11.5 Å². The van der Waals surface area contributed by atoms with Gasteiger partial charge >= 0.3 is 6.18 Å². The Morgan fingerprint density at radius 2 is 1.67 bits per heavy atom. The summed E-state index contributed by atoms with van der Waals surface area (Å²) in [5.74, 6) is 1.80. The van der Waals surface area contributed by atoms with E-state index in [1.807, 2.05) is 0 Å².